The zero-order valence-corrected chi connectivity index (χ0v) is 3.93. The second kappa shape index (κ2) is 1.73. The number of halogens is 1. The molecule has 0 saturated heterocycles. The van der Waals surface area contributed by atoms with Crippen LogP contribution in [0.4, 0.5) is 4.39 Å². The normalized spacial score (nSPS) is 9.44. The predicted molar refractivity (Wildman–Crippen MR) is 20.2 cm³/mol. The van der Waals surface area contributed by atoms with Crippen LogP contribution in [0.3, 0.4) is 0 Å². The van der Waals surface area contributed by atoms with Gasteiger partial charge in [-0.3, -0.25) is 0 Å². The molecule has 1 heterocycles. The van der Waals surface area contributed by atoms with E-state index in [0.29, 0.717) is 0 Å². The number of rotatable bonds is 1. The summed E-state index contributed by atoms with van der Waals surface area (Å²) in [5, 5.41) is 16.6. The molecule has 0 atom stereocenters. The van der Waals surface area contributed by atoms with Crippen LogP contribution in [-0.2, 0) is 0 Å². The van der Waals surface area contributed by atoms with E-state index in [1.807, 2.05) is 0 Å². The number of hydrogen-bond acceptors (Lipinski definition) is 5. The Balaban J connectivity index is 2.98. The zero-order valence-electron chi connectivity index (χ0n) is 3.93. The maximum atomic E-state index is 11.7. The van der Waals surface area contributed by atoms with Crippen molar-refractivity contribution in [1.29, 1.82) is 0 Å². The van der Waals surface area contributed by atoms with Crippen molar-refractivity contribution in [2.75, 3.05) is 0 Å². The molecule has 9 heavy (non-hydrogen) atoms. The number of hydrogen-bond donors (Lipinski definition) is 0. The molecule has 0 aliphatic heterocycles. The van der Waals surface area contributed by atoms with E-state index in [1.165, 1.54) is 0 Å². The monoisotopic (exact) mass is 133 g/mol. The molecule has 1 aromatic rings. The van der Waals surface area contributed by atoms with E-state index < -0.39 is 11.1 Å². The fourth-order valence-electron chi connectivity index (χ4n) is 0.260. The first kappa shape index (κ1) is 5.54. The van der Waals surface area contributed by atoms with Crippen LogP contribution in [0.25, 0.3) is 0 Å². The fourth-order valence-corrected chi connectivity index (χ4v) is 0.260. The van der Waals surface area contributed by atoms with Gasteiger partial charge >= 0.3 is 6.08 Å². The number of aromatic nitrogens is 4. The molecule has 7 nitrogen and oxygen atoms in total. The van der Waals surface area contributed by atoms with Crippen molar-refractivity contribution >= 4 is 0 Å². The van der Waals surface area contributed by atoms with Gasteiger partial charge < -0.3 is 10.1 Å². The molecular weight excluding hydrogens is 133 g/mol. The molecule has 8 heteroatoms. The number of tetrazole rings is 1. The summed E-state index contributed by atoms with van der Waals surface area (Å²) in [7, 11) is 0. The summed E-state index contributed by atoms with van der Waals surface area (Å²) < 4.78 is 11.7. The first-order chi connectivity index (χ1) is 4.20. The standard InChI is InChI=1S/CFN5O2/c2-1-3-5-6(4-1)7(8)9. The molecular formula is CFN5O2. The Bertz CT molecular complexity index is 231. The summed E-state index contributed by atoms with van der Waals surface area (Å²) in [4.78, 5) is 9.59. The fraction of sp³-hybridized carbons (Fsp3) is 0. The van der Waals surface area contributed by atoms with Gasteiger partial charge in [0.25, 0.3) is 0 Å². The lowest BCUT2D eigenvalue weighted by atomic mass is 11.3. The van der Waals surface area contributed by atoms with Gasteiger partial charge in [0.2, 0.25) is 0 Å². The molecule has 0 aromatic carbocycles. The molecule has 48 valence electrons. The summed E-state index contributed by atoms with van der Waals surface area (Å²) in [5.74, 6) is 0. The van der Waals surface area contributed by atoms with Crippen molar-refractivity contribution in [3.05, 3.63) is 16.2 Å². The van der Waals surface area contributed by atoms with E-state index in [-0.39, 0.29) is 4.91 Å². The summed E-state index contributed by atoms with van der Waals surface area (Å²) in [6, 6.07) is 0. The van der Waals surface area contributed by atoms with E-state index in [9.17, 15) is 14.5 Å². The third-order valence-electron chi connectivity index (χ3n) is 0.525. The van der Waals surface area contributed by atoms with Crippen LogP contribution in [0.15, 0.2) is 0 Å². The molecule has 0 N–H and O–H groups in total. The first-order valence-corrected chi connectivity index (χ1v) is 1.80. The van der Waals surface area contributed by atoms with E-state index in [2.05, 4.69) is 15.4 Å². The van der Waals surface area contributed by atoms with Crippen molar-refractivity contribution in [3.63, 3.8) is 0 Å². The van der Waals surface area contributed by atoms with E-state index in [0.717, 1.165) is 0 Å². The van der Waals surface area contributed by atoms with Gasteiger partial charge in [-0.05, 0) is 0 Å². The molecule has 1 rings (SSSR count). The van der Waals surface area contributed by atoms with E-state index in [4.69, 9.17) is 0 Å². The largest absolute Gasteiger partial charge is 0.443 e. The quantitative estimate of drug-likeness (QED) is 0.356. The van der Waals surface area contributed by atoms with Crippen molar-refractivity contribution in [3.8, 4) is 0 Å². The summed E-state index contributed by atoms with van der Waals surface area (Å²) in [5.41, 5.74) is 0. The Labute approximate surface area is 47.2 Å². The topological polar surface area (TPSA) is 86.7 Å². The Kier molecular flexibility index (Phi) is 1.06. The average molecular weight is 133 g/mol. The Hall–Kier alpha value is -1.60. The highest BCUT2D eigenvalue weighted by atomic mass is 19.1. The van der Waals surface area contributed by atoms with Crippen molar-refractivity contribution < 1.29 is 9.42 Å². The molecule has 1 aromatic heterocycles. The smallest absolute Gasteiger partial charge is 0.372 e. The van der Waals surface area contributed by atoms with Crippen LogP contribution in [0.5, 0.6) is 0 Å². The summed E-state index contributed by atoms with van der Waals surface area (Å²) >= 11 is 0. The highest BCUT2D eigenvalue weighted by Gasteiger charge is 2.10. The van der Waals surface area contributed by atoms with Crippen LogP contribution in [0.1, 0.15) is 0 Å². The lowest BCUT2D eigenvalue weighted by Gasteiger charge is -1.83. The highest BCUT2D eigenvalue weighted by molar-refractivity contribution is 4.39. The van der Waals surface area contributed by atoms with Crippen molar-refractivity contribution in [2.24, 2.45) is 0 Å². The minimum Gasteiger partial charge on any atom is -0.372 e. The molecule has 0 amide bonds. The van der Waals surface area contributed by atoms with Crippen LogP contribution < -0.4 is 0 Å². The first-order valence-electron chi connectivity index (χ1n) is 1.80. The van der Waals surface area contributed by atoms with Gasteiger partial charge in [0.1, 0.15) is 5.21 Å². The second-order valence-electron chi connectivity index (χ2n) is 1.06. The molecule has 0 unspecified atom stereocenters. The van der Waals surface area contributed by atoms with Gasteiger partial charge in [-0.25, -0.2) is 0 Å². The van der Waals surface area contributed by atoms with Crippen LogP contribution in [-0.4, -0.2) is 25.3 Å². The lowest BCUT2D eigenvalue weighted by molar-refractivity contribution is -0.564. The Morgan fingerprint density at radius 2 is 2.44 bits per heavy atom. The van der Waals surface area contributed by atoms with Crippen LogP contribution in [0.2, 0.25) is 0 Å². The molecule has 0 radical (unpaired) electrons. The third kappa shape index (κ3) is 0.953. The van der Waals surface area contributed by atoms with Crippen molar-refractivity contribution in [2.45, 2.75) is 0 Å². The molecule has 0 aliphatic carbocycles. The van der Waals surface area contributed by atoms with Gasteiger partial charge in [0.05, 0.1) is 5.10 Å². The summed E-state index contributed by atoms with van der Waals surface area (Å²) in [6.45, 7) is 0. The molecule has 0 aliphatic rings. The van der Waals surface area contributed by atoms with Gasteiger partial charge in [0, 0.05) is 10.1 Å². The zero-order chi connectivity index (χ0) is 6.85. The van der Waals surface area contributed by atoms with Gasteiger partial charge in [-0.1, -0.05) is 0 Å². The average Bonchev–Trinajstić information content (AvgIpc) is 2.14. The number of nitro groups is 1. The molecule has 0 bridgehead atoms. The van der Waals surface area contributed by atoms with Crippen LogP contribution in [0, 0.1) is 16.2 Å². The maximum absolute atomic E-state index is 11.7. The minimum atomic E-state index is -1.22. The van der Waals surface area contributed by atoms with E-state index >= 15 is 0 Å². The van der Waals surface area contributed by atoms with Gasteiger partial charge in [-0.2, -0.15) is 0 Å². The predicted octanol–water partition coefficient (Wildman–Crippen LogP) is -1.15. The number of nitrogens with zero attached hydrogens (tertiary/aromatic N) is 5. The van der Waals surface area contributed by atoms with Crippen molar-refractivity contribution in [1.82, 2.24) is 20.3 Å². The lowest BCUT2D eigenvalue weighted by Crippen LogP contribution is -2.12. The highest BCUT2D eigenvalue weighted by Crippen LogP contribution is 1.78. The summed E-state index contributed by atoms with van der Waals surface area (Å²) in [6.07, 6.45) is -1.22. The van der Waals surface area contributed by atoms with Gasteiger partial charge in [-0.15, -0.1) is 4.39 Å². The maximum Gasteiger partial charge on any atom is 0.443 e. The van der Waals surface area contributed by atoms with Crippen LogP contribution >= 0.6 is 0 Å². The molecule has 0 spiro atoms. The van der Waals surface area contributed by atoms with E-state index in [1.54, 1.807) is 0 Å². The third-order valence-corrected chi connectivity index (χ3v) is 0.525. The second-order valence-corrected chi connectivity index (χ2v) is 1.06. The minimum absolute atomic E-state index is 0.0602. The Morgan fingerprint density at radius 1 is 1.78 bits per heavy atom. The Morgan fingerprint density at radius 3 is 2.67 bits per heavy atom. The molecule has 0 fully saturated rings. The molecule has 0 saturated carbocycles. The van der Waals surface area contributed by atoms with Gasteiger partial charge in [0.15, 0.2) is 4.91 Å². The SMILES string of the molecule is O=[N+]([O-])n1nnc(F)n1.